The maximum absolute atomic E-state index is 12.7. The zero-order chi connectivity index (χ0) is 23.1. The number of benzene rings is 2. The zero-order valence-corrected chi connectivity index (χ0v) is 20.1. The molecule has 172 valence electrons. The van der Waals surface area contributed by atoms with Crippen molar-refractivity contribution in [3.05, 3.63) is 63.6 Å². The number of carbonyl (C=O) groups excluding carboxylic acids is 1. The maximum atomic E-state index is 12.7. The Hall–Kier alpha value is -2.13. The van der Waals surface area contributed by atoms with Gasteiger partial charge in [-0.15, -0.1) is 0 Å². The second-order valence-corrected chi connectivity index (χ2v) is 10.2. The highest BCUT2D eigenvalue weighted by molar-refractivity contribution is 7.89. The average Bonchev–Trinajstić information content (AvgIpc) is 3.32. The Labute approximate surface area is 198 Å². The van der Waals surface area contributed by atoms with Crippen molar-refractivity contribution in [2.24, 2.45) is 4.99 Å². The Morgan fingerprint density at radius 3 is 2.62 bits per heavy atom. The molecule has 0 saturated heterocycles. The van der Waals surface area contributed by atoms with Crippen LogP contribution in [0.2, 0.25) is 10.0 Å². The highest BCUT2D eigenvalue weighted by atomic mass is 35.5. The van der Waals surface area contributed by atoms with Gasteiger partial charge in [0.05, 0.1) is 16.6 Å². The molecule has 2 aromatic rings. The Balaban J connectivity index is 1.39. The number of aryl methyl sites for hydroxylation is 1. The van der Waals surface area contributed by atoms with Gasteiger partial charge in [0, 0.05) is 38.7 Å². The van der Waals surface area contributed by atoms with Crippen molar-refractivity contribution < 1.29 is 13.2 Å². The van der Waals surface area contributed by atoms with E-state index in [4.69, 9.17) is 23.2 Å². The van der Waals surface area contributed by atoms with Gasteiger partial charge in [0.25, 0.3) is 0 Å². The average molecular weight is 497 g/mol. The Bertz CT molecular complexity index is 1090. The molecule has 0 spiro atoms. The van der Waals surface area contributed by atoms with E-state index in [-0.39, 0.29) is 27.4 Å². The summed E-state index contributed by atoms with van der Waals surface area (Å²) < 4.78 is 26.6. The molecule has 0 fully saturated rings. The number of hydrogen-bond donors (Lipinski definition) is 2. The number of amidine groups is 1. The molecule has 0 radical (unpaired) electrons. The monoisotopic (exact) mass is 496 g/mol. The second-order valence-electron chi connectivity index (χ2n) is 7.44. The number of nitrogens with zero attached hydrogens (tertiary/aromatic N) is 2. The lowest BCUT2D eigenvalue weighted by Crippen LogP contribution is -2.31. The zero-order valence-electron chi connectivity index (χ0n) is 17.8. The molecule has 1 aliphatic heterocycles. The highest BCUT2D eigenvalue weighted by Gasteiger charge is 2.24. The van der Waals surface area contributed by atoms with Crippen LogP contribution in [0, 0.1) is 0 Å². The molecule has 0 aliphatic carbocycles. The molecule has 1 heterocycles. The van der Waals surface area contributed by atoms with Crippen LogP contribution < -0.4 is 10.6 Å². The van der Waals surface area contributed by atoms with Gasteiger partial charge in [0.2, 0.25) is 15.9 Å². The van der Waals surface area contributed by atoms with Crippen LogP contribution in [0.15, 0.2) is 52.4 Å². The number of hydrogen-bond acceptors (Lipinski definition) is 5. The minimum absolute atomic E-state index is 0.00912. The van der Waals surface area contributed by atoms with Crippen molar-refractivity contribution >= 4 is 45.0 Å². The fraction of sp³-hybridized carbons (Fsp3) is 0.364. The molecule has 0 saturated carbocycles. The summed E-state index contributed by atoms with van der Waals surface area (Å²) in [6.07, 6.45) is 1.47. The molecule has 2 N–H and O–H groups in total. The van der Waals surface area contributed by atoms with Crippen molar-refractivity contribution in [3.63, 3.8) is 0 Å². The van der Waals surface area contributed by atoms with Gasteiger partial charge in [-0.05, 0) is 30.5 Å². The van der Waals surface area contributed by atoms with E-state index in [1.54, 1.807) is 6.07 Å². The smallest absolute Gasteiger partial charge is 0.244 e. The quantitative estimate of drug-likeness (QED) is 0.494. The number of sulfonamides is 1. The number of carbonyl (C=O) groups is 1. The van der Waals surface area contributed by atoms with Gasteiger partial charge >= 0.3 is 0 Å². The lowest BCUT2D eigenvalue weighted by Gasteiger charge is -2.18. The SMILES string of the molecule is CN(CCCNC(=O)CCc1ccc(C2=NCCN2)cc1)S(=O)(=O)c1cccc(Cl)c1Cl. The van der Waals surface area contributed by atoms with E-state index in [0.29, 0.717) is 25.8 Å². The first-order valence-electron chi connectivity index (χ1n) is 10.3. The van der Waals surface area contributed by atoms with Gasteiger partial charge in [-0.1, -0.05) is 53.5 Å². The van der Waals surface area contributed by atoms with Crippen LogP contribution in [0.4, 0.5) is 0 Å². The van der Waals surface area contributed by atoms with Crippen LogP contribution >= 0.6 is 23.2 Å². The molecule has 1 amide bonds. The first kappa shape index (κ1) is 24.5. The molecule has 3 rings (SSSR count). The van der Waals surface area contributed by atoms with E-state index in [0.717, 1.165) is 30.1 Å². The predicted octanol–water partition coefficient (Wildman–Crippen LogP) is 3.10. The summed E-state index contributed by atoms with van der Waals surface area (Å²) in [6.45, 7) is 2.29. The molecule has 1 aliphatic rings. The normalized spacial score (nSPS) is 13.7. The van der Waals surface area contributed by atoms with Gasteiger partial charge in [0.1, 0.15) is 10.7 Å². The third-order valence-electron chi connectivity index (χ3n) is 5.12. The lowest BCUT2D eigenvalue weighted by molar-refractivity contribution is -0.121. The van der Waals surface area contributed by atoms with Gasteiger partial charge in [-0.25, -0.2) is 12.7 Å². The van der Waals surface area contributed by atoms with Crippen molar-refractivity contribution in [1.82, 2.24) is 14.9 Å². The maximum Gasteiger partial charge on any atom is 0.244 e. The molecule has 0 atom stereocenters. The van der Waals surface area contributed by atoms with E-state index in [9.17, 15) is 13.2 Å². The summed E-state index contributed by atoms with van der Waals surface area (Å²) in [5.74, 6) is 0.846. The number of rotatable bonds is 10. The van der Waals surface area contributed by atoms with Gasteiger partial charge in [-0.3, -0.25) is 9.79 Å². The van der Waals surface area contributed by atoms with Gasteiger partial charge in [-0.2, -0.15) is 0 Å². The number of halogens is 2. The molecule has 32 heavy (non-hydrogen) atoms. The summed E-state index contributed by atoms with van der Waals surface area (Å²) >= 11 is 12.0. The topological polar surface area (TPSA) is 90.9 Å². The molecular weight excluding hydrogens is 471 g/mol. The van der Waals surface area contributed by atoms with Crippen molar-refractivity contribution in [2.75, 3.05) is 33.2 Å². The van der Waals surface area contributed by atoms with Crippen LogP contribution in [0.25, 0.3) is 0 Å². The molecule has 2 aromatic carbocycles. The van der Waals surface area contributed by atoms with E-state index in [1.807, 2.05) is 24.3 Å². The summed E-state index contributed by atoms with van der Waals surface area (Å²) in [4.78, 5) is 16.5. The standard InChI is InChI=1S/C22H26Cl2N4O3S/c1-28(32(30,31)19-5-2-4-18(23)21(19)24)15-3-12-25-20(29)11-8-16-6-9-17(10-7-16)22-26-13-14-27-22/h2,4-7,9-10H,3,8,11-15H2,1H3,(H,25,29)(H,26,27). The number of nitrogens with one attached hydrogen (secondary N) is 2. The molecule has 0 bridgehead atoms. The number of aliphatic imine (C=N–C) groups is 1. The van der Waals surface area contributed by atoms with E-state index in [2.05, 4.69) is 15.6 Å². The molecule has 7 nitrogen and oxygen atoms in total. The van der Waals surface area contributed by atoms with E-state index in [1.165, 1.54) is 23.5 Å². The fourth-order valence-corrected chi connectivity index (χ4v) is 5.21. The molecule has 10 heteroatoms. The molecular formula is C22H26Cl2N4O3S. The summed E-state index contributed by atoms with van der Waals surface area (Å²) in [7, 11) is -2.28. The van der Waals surface area contributed by atoms with Crippen LogP contribution in [-0.4, -0.2) is 57.7 Å². The minimum atomic E-state index is -3.76. The van der Waals surface area contributed by atoms with Crippen LogP contribution in [0.1, 0.15) is 24.0 Å². The fourth-order valence-electron chi connectivity index (χ4n) is 3.27. The Kier molecular flexibility index (Phi) is 8.53. The predicted molar refractivity (Wildman–Crippen MR) is 128 cm³/mol. The summed E-state index contributed by atoms with van der Waals surface area (Å²) in [5.41, 5.74) is 2.13. The van der Waals surface area contributed by atoms with Crippen LogP contribution in [0.3, 0.4) is 0 Å². The van der Waals surface area contributed by atoms with Gasteiger partial charge < -0.3 is 10.6 Å². The van der Waals surface area contributed by atoms with Crippen molar-refractivity contribution in [3.8, 4) is 0 Å². The van der Waals surface area contributed by atoms with Gasteiger partial charge in [0.15, 0.2) is 0 Å². The Morgan fingerprint density at radius 2 is 1.94 bits per heavy atom. The molecule has 0 unspecified atom stereocenters. The van der Waals surface area contributed by atoms with Crippen molar-refractivity contribution in [2.45, 2.75) is 24.2 Å². The highest BCUT2D eigenvalue weighted by Crippen LogP contribution is 2.30. The van der Waals surface area contributed by atoms with E-state index >= 15 is 0 Å². The first-order valence-corrected chi connectivity index (χ1v) is 12.5. The Morgan fingerprint density at radius 1 is 1.19 bits per heavy atom. The summed E-state index contributed by atoms with van der Waals surface area (Å²) in [5, 5.41) is 6.27. The van der Waals surface area contributed by atoms with Crippen LogP contribution in [-0.2, 0) is 21.2 Å². The first-order chi connectivity index (χ1) is 15.3. The summed E-state index contributed by atoms with van der Waals surface area (Å²) in [6, 6.07) is 12.5. The second kappa shape index (κ2) is 11.1. The number of amides is 1. The van der Waals surface area contributed by atoms with Crippen molar-refractivity contribution in [1.29, 1.82) is 0 Å². The van der Waals surface area contributed by atoms with E-state index < -0.39 is 10.0 Å². The van der Waals surface area contributed by atoms with Crippen LogP contribution in [0.5, 0.6) is 0 Å². The minimum Gasteiger partial charge on any atom is -0.368 e. The lowest BCUT2D eigenvalue weighted by atomic mass is 10.1. The third kappa shape index (κ3) is 6.22. The molecule has 0 aromatic heterocycles. The third-order valence-corrected chi connectivity index (χ3v) is 7.95. The largest absolute Gasteiger partial charge is 0.368 e.